The van der Waals surface area contributed by atoms with E-state index in [-0.39, 0.29) is 5.91 Å². The minimum Gasteiger partial charge on any atom is -0.493 e. The monoisotopic (exact) mass is 391 g/mol. The maximum atomic E-state index is 12.7. The van der Waals surface area contributed by atoms with Gasteiger partial charge in [0.25, 0.3) is 5.91 Å². The summed E-state index contributed by atoms with van der Waals surface area (Å²) in [5, 5.41) is 3.00. The zero-order valence-corrected chi connectivity index (χ0v) is 16.8. The number of imidazole rings is 1. The highest BCUT2D eigenvalue weighted by Crippen LogP contribution is 2.28. The predicted molar refractivity (Wildman–Crippen MR) is 111 cm³/mol. The number of benzene rings is 2. The van der Waals surface area contributed by atoms with Gasteiger partial charge in [-0.05, 0) is 56.0 Å². The average molecular weight is 391 g/mol. The van der Waals surface area contributed by atoms with Crippen LogP contribution in [0.25, 0.3) is 5.69 Å². The van der Waals surface area contributed by atoms with Crippen molar-refractivity contribution in [3.8, 4) is 17.2 Å². The van der Waals surface area contributed by atoms with E-state index in [1.165, 1.54) is 12.1 Å². The summed E-state index contributed by atoms with van der Waals surface area (Å²) in [7, 11) is 3.13. The molecular weight excluding hydrogens is 366 g/mol. The number of methoxy groups -OCH3 is 2. The summed E-state index contributed by atoms with van der Waals surface area (Å²) in [5.74, 6) is 1.81. The molecule has 1 heterocycles. The highest BCUT2D eigenvalue weighted by Gasteiger charge is 2.21. The van der Waals surface area contributed by atoms with Crippen LogP contribution < -0.4 is 14.8 Å². The Morgan fingerprint density at radius 1 is 1.03 bits per heavy atom. The van der Waals surface area contributed by atoms with Crippen LogP contribution in [0.4, 0.5) is 0 Å². The van der Waals surface area contributed by atoms with Crippen LogP contribution in [-0.4, -0.2) is 29.7 Å². The number of aromatic nitrogens is 2. The van der Waals surface area contributed by atoms with Crippen molar-refractivity contribution in [1.82, 2.24) is 14.9 Å². The Hall–Kier alpha value is -3.28. The largest absolute Gasteiger partial charge is 0.493 e. The molecule has 4 rings (SSSR count). The van der Waals surface area contributed by atoms with Crippen LogP contribution in [0.1, 0.15) is 40.4 Å². The number of carbonyl (C=O) groups excluding carboxylic acids is 1. The van der Waals surface area contributed by atoms with Gasteiger partial charge in [-0.25, -0.2) is 4.98 Å². The van der Waals surface area contributed by atoms with Gasteiger partial charge in [0.15, 0.2) is 11.5 Å². The van der Waals surface area contributed by atoms with Crippen molar-refractivity contribution < 1.29 is 14.3 Å². The van der Waals surface area contributed by atoms with E-state index in [0.29, 0.717) is 23.6 Å². The quantitative estimate of drug-likeness (QED) is 0.696. The van der Waals surface area contributed by atoms with Crippen LogP contribution in [-0.2, 0) is 19.4 Å². The number of carbonyl (C=O) groups is 1. The molecule has 0 atom stereocenters. The number of rotatable bonds is 6. The molecule has 0 fully saturated rings. The third kappa shape index (κ3) is 3.83. The normalized spacial score (nSPS) is 12.9. The van der Waals surface area contributed by atoms with Gasteiger partial charge in [0, 0.05) is 16.9 Å². The lowest BCUT2D eigenvalue weighted by Crippen LogP contribution is -2.24. The third-order valence-electron chi connectivity index (χ3n) is 5.27. The highest BCUT2D eigenvalue weighted by molar-refractivity contribution is 5.94. The topological polar surface area (TPSA) is 65.4 Å². The summed E-state index contributed by atoms with van der Waals surface area (Å²) >= 11 is 0. The van der Waals surface area contributed by atoms with Gasteiger partial charge in [0.2, 0.25) is 0 Å². The number of fused-ring (bicyclic) bond motifs is 1. The van der Waals surface area contributed by atoms with Gasteiger partial charge in [-0.1, -0.05) is 18.2 Å². The second kappa shape index (κ2) is 8.39. The Kier molecular flexibility index (Phi) is 5.51. The van der Waals surface area contributed by atoms with Gasteiger partial charge in [0.1, 0.15) is 5.82 Å². The smallest absolute Gasteiger partial charge is 0.251 e. The van der Waals surface area contributed by atoms with Gasteiger partial charge in [-0.2, -0.15) is 0 Å². The zero-order chi connectivity index (χ0) is 20.2. The molecule has 0 unspecified atom stereocenters. The molecule has 6 heteroatoms. The van der Waals surface area contributed by atoms with Gasteiger partial charge >= 0.3 is 0 Å². The van der Waals surface area contributed by atoms with Crippen molar-refractivity contribution in [2.24, 2.45) is 0 Å². The molecule has 0 bridgehead atoms. The molecule has 1 aliphatic carbocycles. The fourth-order valence-corrected chi connectivity index (χ4v) is 3.84. The summed E-state index contributed by atoms with van der Waals surface area (Å²) in [5.41, 5.74) is 4.01. The second-order valence-electron chi connectivity index (χ2n) is 7.05. The molecular formula is C23H25N3O3. The SMILES string of the molecule is COc1ccc(C(=O)NCc2nc3c(n2-c2ccccc2)CCCC3)cc1OC. The summed E-state index contributed by atoms with van der Waals surface area (Å²) < 4.78 is 12.7. The minimum atomic E-state index is -0.175. The van der Waals surface area contributed by atoms with E-state index >= 15 is 0 Å². The molecule has 0 spiro atoms. The van der Waals surface area contributed by atoms with E-state index in [1.54, 1.807) is 32.4 Å². The molecule has 0 saturated carbocycles. The van der Waals surface area contributed by atoms with E-state index in [9.17, 15) is 4.79 Å². The number of nitrogens with zero attached hydrogens (tertiary/aromatic N) is 2. The molecule has 150 valence electrons. The molecule has 1 aliphatic rings. The lowest BCUT2D eigenvalue weighted by Gasteiger charge is -2.16. The molecule has 3 aromatic rings. The fraction of sp³-hybridized carbons (Fsp3) is 0.304. The standard InChI is InChI=1S/C23H25N3O3/c1-28-20-13-12-16(14-21(20)29-2)23(27)24-15-22-25-18-10-6-7-11-19(18)26(22)17-8-4-3-5-9-17/h3-5,8-9,12-14H,6-7,10-11,15H2,1-2H3,(H,24,27). The first kappa shape index (κ1) is 19.1. The average Bonchev–Trinajstić information content (AvgIpc) is 3.15. The molecule has 2 aromatic carbocycles. The van der Waals surface area contributed by atoms with Crippen LogP contribution in [0.5, 0.6) is 11.5 Å². The Bertz CT molecular complexity index is 1010. The lowest BCUT2D eigenvalue weighted by atomic mass is 10.0. The van der Waals surface area contributed by atoms with Gasteiger partial charge < -0.3 is 14.8 Å². The first-order chi connectivity index (χ1) is 14.2. The van der Waals surface area contributed by atoms with E-state index in [2.05, 4.69) is 22.0 Å². The molecule has 1 aromatic heterocycles. The van der Waals surface area contributed by atoms with Gasteiger partial charge in [-0.3, -0.25) is 9.36 Å². The fourth-order valence-electron chi connectivity index (χ4n) is 3.84. The van der Waals surface area contributed by atoms with Crippen LogP contribution >= 0.6 is 0 Å². The zero-order valence-electron chi connectivity index (χ0n) is 16.8. The number of hydrogen-bond acceptors (Lipinski definition) is 4. The summed E-state index contributed by atoms with van der Waals surface area (Å²) in [6.07, 6.45) is 4.34. The molecule has 0 radical (unpaired) electrons. The Balaban J connectivity index is 1.59. The van der Waals surface area contributed by atoms with Crippen molar-refractivity contribution in [2.75, 3.05) is 14.2 Å². The Labute approximate surface area is 170 Å². The molecule has 1 N–H and O–H groups in total. The molecule has 0 aliphatic heterocycles. The van der Waals surface area contributed by atoms with Crippen molar-refractivity contribution in [3.63, 3.8) is 0 Å². The highest BCUT2D eigenvalue weighted by atomic mass is 16.5. The maximum absolute atomic E-state index is 12.7. The van der Waals surface area contributed by atoms with Crippen LogP contribution in [0.3, 0.4) is 0 Å². The maximum Gasteiger partial charge on any atom is 0.251 e. The van der Waals surface area contributed by atoms with E-state index in [0.717, 1.165) is 36.5 Å². The first-order valence-electron chi connectivity index (χ1n) is 9.86. The van der Waals surface area contributed by atoms with E-state index in [1.807, 2.05) is 18.2 Å². The third-order valence-corrected chi connectivity index (χ3v) is 5.27. The lowest BCUT2D eigenvalue weighted by molar-refractivity contribution is 0.0949. The number of ether oxygens (including phenoxy) is 2. The summed E-state index contributed by atoms with van der Waals surface area (Å²) in [6.45, 7) is 0.356. The summed E-state index contributed by atoms with van der Waals surface area (Å²) in [6, 6.07) is 15.4. The van der Waals surface area contributed by atoms with Crippen molar-refractivity contribution in [2.45, 2.75) is 32.2 Å². The molecule has 0 saturated heterocycles. The van der Waals surface area contributed by atoms with E-state index < -0.39 is 0 Å². The van der Waals surface area contributed by atoms with E-state index in [4.69, 9.17) is 14.5 Å². The minimum absolute atomic E-state index is 0.175. The second-order valence-corrected chi connectivity index (χ2v) is 7.05. The Morgan fingerprint density at radius 3 is 2.55 bits per heavy atom. The number of aryl methyl sites for hydroxylation is 1. The van der Waals surface area contributed by atoms with Crippen LogP contribution in [0.15, 0.2) is 48.5 Å². The summed E-state index contributed by atoms with van der Waals surface area (Å²) in [4.78, 5) is 17.6. The molecule has 6 nitrogen and oxygen atoms in total. The molecule has 29 heavy (non-hydrogen) atoms. The van der Waals surface area contributed by atoms with Crippen molar-refractivity contribution in [1.29, 1.82) is 0 Å². The van der Waals surface area contributed by atoms with Gasteiger partial charge in [0.05, 0.1) is 26.5 Å². The van der Waals surface area contributed by atoms with Crippen molar-refractivity contribution in [3.05, 3.63) is 71.3 Å². The number of para-hydroxylation sites is 1. The van der Waals surface area contributed by atoms with Crippen LogP contribution in [0, 0.1) is 0 Å². The number of amides is 1. The number of hydrogen-bond donors (Lipinski definition) is 1. The Morgan fingerprint density at radius 2 is 1.79 bits per heavy atom. The van der Waals surface area contributed by atoms with Crippen molar-refractivity contribution >= 4 is 5.91 Å². The molecule has 1 amide bonds. The van der Waals surface area contributed by atoms with Gasteiger partial charge in [-0.15, -0.1) is 0 Å². The van der Waals surface area contributed by atoms with Crippen LogP contribution in [0.2, 0.25) is 0 Å². The number of nitrogens with one attached hydrogen (secondary N) is 1. The first-order valence-corrected chi connectivity index (χ1v) is 9.86. The predicted octanol–water partition coefficient (Wildman–Crippen LogP) is 3.70.